The molecule has 5 heteroatoms. The van der Waals surface area contributed by atoms with Crippen molar-refractivity contribution in [3.8, 4) is 0 Å². The minimum absolute atomic E-state index is 0.569. The highest BCUT2D eigenvalue weighted by molar-refractivity contribution is 7.99. The van der Waals surface area contributed by atoms with Gasteiger partial charge in [0.1, 0.15) is 0 Å². The van der Waals surface area contributed by atoms with Crippen molar-refractivity contribution in [2.45, 2.75) is 23.3 Å². The van der Waals surface area contributed by atoms with Crippen LogP contribution in [0.15, 0.2) is 23.1 Å². The van der Waals surface area contributed by atoms with Crippen molar-refractivity contribution < 1.29 is 5.11 Å². The minimum Gasteiger partial charge on any atom is -0.399 e. The topological polar surface area (TPSA) is 58.3 Å². The molecule has 1 aromatic rings. The monoisotopic (exact) mass is 272 g/mol. The van der Waals surface area contributed by atoms with E-state index in [-0.39, 0.29) is 0 Å². The summed E-state index contributed by atoms with van der Waals surface area (Å²) in [5, 5.41) is 14.3. The highest BCUT2D eigenvalue weighted by Crippen LogP contribution is 2.33. The lowest BCUT2D eigenvalue weighted by Crippen LogP contribution is -2.43. The van der Waals surface area contributed by atoms with Gasteiger partial charge in [0, 0.05) is 16.3 Å². The van der Waals surface area contributed by atoms with Gasteiger partial charge >= 0.3 is 0 Å². The third-order valence-corrected chi connectivity index (χ3v) is 4.76. The maximum absolute atomic E-state index is 10.3. The van der Waals surface area contributed by atoms with Gasteiger partial charge in [0.15, 0.2) is 0 Å². The number of piperidine rings is 1. The van der Waals surface area contributed by atoms with Gasteiger partial charge < -0.3 is 16.2 Å². The fraction of sp³-hybridized carbons (Fsp3) is 0.500. The zero-order valence-electron chi connectivity index (χ0n) is 9.58. The molecule has 0 amide bonds. The van der Waals surface area contributed by atoms with Gasteiger partial charge in [-0.1, -0.05) is 11.6 Å². The van der Waals surface area contributed by atoms with Crippen LogP contribution in [0.3, 0.4) is 0 Å². The van der Waals surface area contributed by atoms with Crippen LogP contribution in [0, 0.1) is 0 Å². The first-order valence-corrected chi connectivity index (χ1v) is 7.06. The number of nitrogens with one attached hydrogen (secondary N) is 1. The number of hydrogen-bond donors (Lipinski definition) is 3. The summed E-state index contributed by atoms with van der Waals surface area (Å²) in [4.78, 5) is 0.979. The molecule has 3 nitrogen and oxygen atoms in total. The summed E-state index contributed by atoms with van der Waals surface area (Å²) in [7, 11) is 0. The summed E-state index contributed by atoms with van der Waals surface area (Å²) in [5.41, 5.74) is 5.74. The SMILES string of the molecule is Nc1ccc(SCC2(O)CCNCC2)c(Cl)c1. The number of hydrogen-bond acceptors (Lipinski definition) is 4. The Kier molecular flexibility index (Phi) is 4.20. The second-order valence-corrected chi connectivity index (χ2v) is 5.88. The smallest absolute Gasteiger partial charge is 0.0765 e. The van der Waals surface area contributed by atoms with Crippen molar-refractivity contribution in [1.82, 2.24) is 5.32 Å². The van der Waals surface area contributed by atoms with E-state index in [1.54, 1.807) is 17.8 Å². The Bertz CT molecular complexity index is 394. The van der Waals surface area contributed by atoms with Crippen LogP contribution in [-0.2, 0) is 0 Å². The van der Waals surface area contributed by atoms with E-state index >= 15 is 0 Å². The van der Waals surface area contributed by atoms with Gasteiger partial charge in [-0.3, -0.25) is 0 Å². The summed E-state index contributed by atoms with van der Waals surface area (Å²) in [6, 6.07) is 5.49. The number of halogens is 1. The number of rotatable bonds is 3. The maximum atomic E-state index is 10.3. The van der Waals surface area contributed by atoms with Crippen LogP contribution in [0.4, 0.5) is 5.69 Å². The molecule has 0 saturated carbocycles. The molecule has 17 heavy (non-hydrogen) atoms. The van der Waals surface area contributed by atoms with Crippen molar-refractivity contribution in [1.29, 1.82) is 0 Å². The average molecular weight is 273 g/mol. The Morgan fingerprint density at radius 2 is 2.12 bits per heavy atom. The fourth-order valence-electron chi connectivity index (χ4n) is 1.88. The van der Waals surface area contributed by atoms with Gasteiger partial charge in [0.05, 0.1) is 10.6 Å². The largest absolute Gasteiger partial charge is 0.399 e. The number of nitrogen functional groups attached to an aromatic ring is 1. The number of aliphatic hydroxyl groups is 1. The molecule has 0 spiro atoms. The van der Waals surface area contributed by atoms with Gasteiger partial charge in [-0.15, -0.1) is 11.8 Å². The molecule has 0 radical (unpaired) electrons. The van der Waals surface area contributed by atoms with Gasteiger partial charge in [0.2, 0.25) is 0 Å². The molecule has 4 N–H and O–H groups in total. The number of nitrogens with two attached hydrogens (primary N) is 1. The molecule has 1 heterocycles. The van der Waals surface area contributed by atoms with E-state index in [9.17, 15) is 5.11 Å². The van der Waals surface area contributed by atoms with E-state index in [1.807, 2.05) is 12.1 Å². The standard InChI is InChI=1S/C12H17ClN2OS/c13-10-7-9(14)1-2-11(10)17-8-12(16)3-5-15-6-4-12/h1-2,7,15-16H,3-6,8,14H2. The van der Waals surface area contributed by atoms with Gasteiger partial charge in [-0.05, 0) is 44.1 Å². The Morgan fingerprint density at radius 1 is 1.41 bits per heavy atom. The molecule has 1 aromatic carbocycles. The van der Waals surface area contributed by atoms with Crippen molar-refractivity contribution in [2.75, 3.05) is 24.6 Å². The predicted molar refractivity (Wildman–Crippen MR) is 73.6 cm³/mol. The quantitative estimate of drug-likeness (QED) is 0.583. The molecule has 1 saturated heterocycles. The molecule has 0 bridgehead atoms. The first kappa shape index (κ1) is 13.0. The summed E-state index contributed by atoms with van der Waals surface area (Å²) in [6.45, 7) is 1.76. The van der Waals surface area contributed by atoms with Crippen molar-refractivity contribution >= 4 is 29.1 Å². The zero-order valence-corrected chi connectivity index (χ0v) is 11.2. The highest BCUT2D eigenvalue weighted by atomic mass is 35.5. The van der Waals surface area contributed by atoms with Gasteiger partial charge in [-0.2, -0.15) is 0 Å². The summed E-state index contributed by atoms with van der Waals surface area (Å²) in [6.07, 6.45) is 1.60. The van der Waals surface area contributed by atoms with E-state index in [2.05, 4.69) is 5.32 Å². The molecule has 0 aliphatic carbocycles. The first-order chi connectivity index (χ1) is 8.09. The molecule has 1 fully saturated rings. The average Bonchev–Trinajstić information content (AvgIpc) is 2.29. The number of thioether (sulfide) groups is 1. The van der Waals surface area contributed by atoms with Crippen LogP contribution in [0.2, 0.25) is 5.02 Å². The molecule has 0 atom stereocenters. The Morgan fingerprint density at radius 3 is 2.76 bits per heavy atom. The van der Waals surface area contributed by atoms with E-state index in [0.717, 1.165) is 30.8 Å². The summed E-state index contributed by atoms with van der Waals surface area (Å²) < 4.78 is 0. The molecule has 0 unspecified atom stereocenters. The zero-order chi connectivity index (χ0) is 12.3. The Balaban J connectivity index is 1.97. The lowest BCUT2D eigenvalue weighted by Gasteiger charge is -2.32. The van der Waals surface area contributed by atoms with Crippen LogP contribution in [0.25, 0.3) is 0 Å². The van der Waals surface area contributed by atoms with Crippen molar-refractivity contribution in [3.05, 3.63) is 23.2 Å². The number of benzene rings is 1. The normalized spacial score (nSPS) is 19.2. The third-order valence-electron chi connectivity index (χ3n) is 2.99. The van der Waals surface area contributed by atoms with Crippen LogP contribution in [-0.4, -0.2) is 29.5 Å². The van der Waals surface area contributed by atoms with Crippen molar-refractivity contribution in [3.63, 3.8) is 0 Å². The van der Waals surface area contributed by atoms with E-state index in [4.69, 9.17) is 17.3 Å². The molecule has 1 aliphatic rings. The van der Waals surface area contributed by atoms with E-state index < -0.39 is 5.60 Å². The fourth-order valence-corrected chi connectivity index (χ4v) is 3.31. The molecule has 94 valence electrons. The highest BCUT2D eigenvalue weighted by Gasteiger charge is 2.29. The molecular formula is C12H17ClN2OS. The Hall–Kier alpha value is -0.420. The minimum atomic E-state index is -0.569. The van der Waals surface area contributed by atoms with Crippen molar-refractivity contribution in [2.24, 2.45) is 0 Å². The second kappa shape index (κ2) is 5.48. The van der Waals surface area contributed by atoms with Crippen LogP contribution in [0.1, 0.15) is 12.8 Å². The summed E-state index contributed by atoms with van der Waals surface area (Å²) >= 11 is 7.69. The summed E-state index contributed by atoms with van der Waals surface area (Å²) in [5.74, 6) is 0.679. The number of anilines is 1. The second-order valence-electron chi connectivity index (χ2n) is 4.45. The maximum Gasteiger partial charge on any atom is 0.0765 e. The van der Waals surface area contributed by atoms with Gasteiger partial charge in [0.25, 0.3) is 0 Å². The molecule has 0 aromatic heterocycles. The van der Waals surface area contributed by atoms with Gasteiger partial charge in [-0.25, -0.2) is 0 Å². The predicted octanol–water partition coefficient (Wildman–Crippen LogP) is 2.13. The van der Waals surface area contributed by atoms with E-state index in [1.165, 1.54) is 0 Å². The first-order valence-electron chi connectivity index (χ1n) is 5.70. The van der Waals surface area contributed by atoms with Crippen LogP contribution < -0.4 is 11.1 Å². The van der Waals surface area contributed by atoms with Crippen LogP contribution in [0.5, 0.6) is 0 Å². The molecule has 1 aliphatic heterocycles. The Labute approximate surface area is 111 Å². The lowest BCUT2D eigenvalue weighted by atomic mass is 9.95. The van der Waals surface area contributed by atoms with E-state index in [0.29, 0.717) is 16.5 Å². The molecular weight excluding hydrogens is 256 g/mol. The molecule has 2 rings (SSSR count). The lowest BCUT2D eigenvalue weighted by molar-refractivity contribution is 0.0339. The third kappa shape index (κ3) is 3.52. The van der Waals surface area contributed by atoms with Crippen LogP contribution >= 0.6 is 23.4 Å².